The topological polar surface area (TPSA) is 98.9 Å². The number of methoxy groups -OCH3 is 2. The number of carboxylic acids is 1. The number of hydrogen-bond acceptors (Lipinski definition) is 5. The zero-order chi connectivity index (χ0) is 13.4. The van der Waals surface area contributed by atoms with Crippen LogP contribution in [0, 0.1) is 10.1 Å². The first-order chi connectivity index (χ1) is 7.97. The van der Waals surface area contributed by atoms with Gasteiger partial charge in [-0.3, -0.25) is 10.1 Å². The van der Waals surface area contributed by atoms with Crippen molar-refractivity contribution in [2.75, 3.05) is 14.2 Å². The lowest BCUT2D eigenvalue weighted by Crippen LogP contribution is -2.11. The number of carboxylic acid groups (broad SMARTS) is 1. The largest absolute Gasteiger partial charge is 0.501 e. The van der Waals surface area contributed by atoms with Gasteiger partial charge in [-0.05, 0) is 13.0 Å². The van der Waals surface area contributed by atoms with E-state index in [9.17, 15) is 14.9 Å². The molecule has 0 unspecified atom stereocenters. The number of nitrogens with zero attached hydrogens (tertiary/aromatic N) is 1. The number of nitro groups is 1. The maximum absolute atomic E-state index is 10.9. The highest BCUT2D eigenvalue weighted by Gasteiger charge is 2.23. The molecular formula is C10H13NO6. The van der Waals surface area contributed by atoms with Gasteiger partial charge >= 0.3 is 5.97 Å². The molecule has 7 heteroatoms. The zero-order valence-corrected chi connectivity index (χ0v) is 9.67. The van der Waals surface area contributed by atoms with E-state index in [1.807, 2.05) is 0 Å². The minimum Gasteiger partial charge on any atom is -0.501 e. The Morgan fingerprint density at radius 1 is 1.41 bits per heavy atom. The molecule has 17 heavy (non-hydrogen) atoms. The van der Waals surface area contributed by atoms with Gasteiger partial charge in [0.2, 0.25) is 0 Å². The average Bonchev–Trinajstić information content (AvgIpc) is 2.26. The van der Waals surface area contributed by atoms with Crippen molar-refractivity contribution in [2.24, 2.45) is 0 Å². The summed E-state index contributed by atoms with van der Waals surface area (Å²) in [5.74, 6) is -1.36. The summed E-state index contributed by atoms with van der Waals surface area (Å²) in [7, 11) is 2.64. The summed E-state index contributed by atoms with van der Waals surface area (Å²) in [5, 5.41) is 19.5. The van der Waals surface area contributed by atoms with E-state index in [2.05, 4.69) is 4.74 Å². The van der Waals surface area contributed by atoms with Gasteiger partial charge in [0, 0.05) is 6.08 Å². The van der Waals surface area contributed by atoms with Crippen molar-refractivity contribution in [3.8, 4) is 0 Å². The van der Waals surface area contributed by atoms with Crippen molar-refractivity contribution in [3.63, 3.8) is 0 Å². The van der Waals surface area contributed by atoms with Crippen LogP contribution in [0.2, 0.25) is 0 Å². The maximum atomic E-state index is 10.9. The molecule has 0 saturated carbocycles. The van der Waals surface area contributed by atoms with Crippen molar-refractivity contribution in [3.05, 3.63) is 45.6 Å². The van der Waals surface area contributed by atoms with E-state index in [4.69, 9.17) is 9.84 Å². The number of hydrogen-bond donors (Lipinski definition) is 1. The van der Waals surface area contributed by atoms with Crippen LogP contribution in [0.5, 0.6) is 0 Å². The molecule has 0 rings (SSSR count). The lowest BCUT2D eigenvalue weighted by Gasteiger charge is -2.03. The number of carbonyl (C=O) groups is 1. The zero-order valence-electron chi connectivity index (χ0n) is 9.67. The molecule has 0 fully saturated rings. The normalized spacial score (nSPS) is 13.2. The Labute approximate surface area is 97.8 Å². The van der Waals surface area contributed by atoms with Crippen molar-refractivity contribution in [1.82, 2.24) is 0 Å². The van der Waals surface area contributed by atoms with Crippen LogP contribution >= 0.6 is 0 Å². The first-order valence-corrected chi connectivity index (χ1v) is 4.50. The molecule has 7 nitrogen and oxygen atoms in total. The first-order valence-electron chi connectivity index (χ1n) is 4.50. The highest BCUT2D eigenvalue weighted by molar-refractivity contribution is 5.91. The second kappa shape index (κ2) is 7.04. The van der Waals surface area contributed by atoms with Gasteiger partial charge in [-0.25, -0.2) is 4.79 Å². The van der Waals surface area contributed by atoms with Crippen LogP contribution < -0.4 is 0 Å². The van der Waals surface area contributed by atoms with Gasteiger partial charge in [0.25, 0.3) is 5.70 Å². The summed E-state index contributed by atoms with van der Waals surface area (Å²) in [6.07, 6.45) is 3.25. The standard InChI is InChI=1S/C10H13NO6/c1-4-9(11(14)15)8(10(12)13)5-7(17-3)6-16-2/h4-6H,1-3H3,(H,12,13)/b7-6-,8-5+,9-4+. The van der Waals surface area contributed by atoms with Crippen LogP contribution in [0.15, 0.2) is 35.4 Å². The molecule has 0 spiro atoms. The smallest absolute Gasteiger partial charge is 0.342 e. The molecule has 0 heterocycles. The Morgan fingerprint density at radius 3 is 2.29 bits per heavy atom. The number of aliphatic carboxylic acids is 1. The lowest BCUT2D eigenvalue weighted by atomic mass is 10.1. The lowest BCUT2D eigenvalue weighted by molar-refractivity contribution is -0.420. The summed E-state index contributed by atoms with van der Waals surface area (Å²) in [5.41, 5.74) is -1.00. The Morgan fingerprint density at radius 2 is 2.00 bits per heavy atom. The molecule has 1 N–H and O–H groups in total. The highest BCUT2D eigenvalue weighted by Crippen LogP contribution is 2.14. The molecule has 0 aliphatic heterocycles. The highest BCUT2D eigenvalue weighted by atomic mass is 16.6. The summed E-state index contributed by atoms with van der Waals surface area (Å²) < 4.78 is 9.43. The number of allylic oxidation sites excluding steroid dienone is 2. The molecule has 0 aliphatic carbocycles. The van der Waals surface area contributed by atoms with E-state index < -0.39 is 22.2 Å². The molecule has 0 aliphatic rings. The van der Waals surface area contributed by atoms with Crippen molar-refractivity contribution < 1.29 is 24.3 Å². The molecule has 0 radical (unpaired) electrons. The summed E-state index contributed by atoms with van der Waals surface area (Å²) in [6, 6.07) is 0. The Kier molecular flexibility index (Phi) is 6.09. The third-order valence-corrected chi connectivity index (χ3v) is 1.73. The van der Waals surface area contributed by atoms with Crippen molar-refractivity contribution >= 4 is 5.97 Å². The van der Waals surface area contributed by atoms with E-state index in [-0.39, 0.29) is 5.76 Å². The third kappa shape index (κ3) is 4.37. The second-order valence-electron chi connectivity index (χ2n) is 2.75. The predicted molar refractivity (Wildman–Crippen MR) is 58.6 cm³/mol. The molecule has 0 amide bonds. The minimum absolute atomic E-state index is 0.0612. The van der Waals surface area contributed by atoms with E-state index in [0.717, 1.165) is 18.4 Å². The molecule has 0 aromatic heterocycles. The number of rotatable bonds is 6. The Hall–Kier alpha value is -2.31. The fourth-order valence-electron chi connectivity index (χ4n) is 1.00. The fraction of sp³-hybridized carbons (Fsp3) is 0.300. The van der Waals surface area contributed by atoms with Gasteiger partial charge in [-0.1, -0.05) is 0 Å². The third-order valence-electron chi connectivity index (χ3n) is 1.73. The van der Waals surface area contributed by atoms with Crippen LogP contribution in [0.1, 0.15) is 6.92 Å². The van der Waals surface area contributed by atoms with Gasteiger partial charge in [0.1, 0.15) is 11.8 Å². The van der Waals surface area contributed by atoms with Crippen molar-refractivity contribution in [2.45, 2.75) is 6.92 Å². The second-order valence-corrected chi connectivity index (χ2v) is 2.75. The summed E-state index contributed by atoms with van der Waals surface area (Å²) in [6.45, 7) is 1.38. The monoisotopic (exact) mass is 243 g/mol. The SMILES string of the molecule is C\C=C(/C(=C\C(=C\OC)OC)C(=O)O)[N+](=O)[O-]. The average molecular weight is 243 g/mol. The van der Waals surface area contributed by atoms with Gasteiger partial charge in [-0.2, -0.15) is 0 Å². The van der Waals surface area contributed by atoms with E-state index in [1.165, 1.54) is 21.1 Å². The van der Waals surface area contributed by atoms with Crippen LogP contribution in [-0.2, 0) is 14.3 Å². The fourth-order valence-corrected chi connectivity index (χ4v) is 1.00. The molecule has 0 atom stereocenters. The molecule has 94 valence electrons. The van der Waals surface area contributed by atoms with E-state index >= 15 is 0 Å². The van der Waals surface area contributed by atoms with Gasteiger partial charge < -0.3 is 14.6 Å². The van der Waals surface area contributed by atoms with Crippen LogP contribution in [-0.4, -0.2) is 30.2 Å². The molecular weight excluding hydrogens is 230 g/mol. The summed E-state index contributed by atoms with van der Waals surface area (Å²) >= 11 is 0. The van der Waals surface area contributed by atoms with Crippen LogP contribution in [0.3, 0.4) is 0 Å². The van der Waals surface area contributed by atoms with E-state index in [1.54, 1.807) is 0 Å². The molecule has 0 saturated heterocycles. The molecule has 0 aromatic carbocycles. The Bertz CT molecular complexity index is 394. The molecule has 0 aromatic rings. The van der Waals surface area contributed by atoms with Gasteiger partial charge in [-0.15, -0.1) is 0 Å². The van der Waals surface area contributed by atoms with Gasteiger partial charge in [0.15, 0.2) is 5.76 Å². The predicted octanol–water partition coefficient (Wildman–Crippen LogP) is 1.31. The van der Waals surface area contributed by atoms with Crippen LogP contribution in [0.4, 0.5) is 0 Å². The Balaban J connectivity index is 5.52. The van der Waals surface area contributed by atoms with E-state index in [0.29, 0.717) is 0 Å². The maximum Gasteiger partial charge on any atom is 0.342 e. The first kappa shape index (κ1) is 14.7. The van der Waals surface area contributed by atoms with Gasteiger partial charge in [0.05, 0.1) is 19.1 Å². The minimum atomic E-state index is -1.42. The quantitative estimate of drug-likeness (QED) is 0.248. The number of ether oxygens (including phenoxy) is 2. The van der Waals surface area contributed by atoms with Crippen molar-refractivity contribution in [1.29, 1.82) is 0 Å². The van der Waals surface area contributed by atoms with Crippen LogP contribution in [0.25, 0.3) is 0 Å². The molecule has 0 bridgehead atoms. The summed E-state index contributed by atoms with van der Waals surface area (Å²) in [4.78, 5) is 20.8.